The van der Waals surface area contributed by atoms with Crippen molar-refractivity contribution in [2.24, 2.45) is 0 Å². The van der Waals surface area contributed by atoms with Crippen LogP contribution in [0.25, 0.3) is 23.0 Å². The summed E-state index contributed by atoms with van der Waals surface area (Å²) >= 11 is 0. The first-order chi connectivity index (χ1) is 15.1. The van der Waals surface area contributed by atoms with E-state index in [4.69, 9.17) is 19.3 Å². The molecule has 2 aromatic carbocycles. The number of rotatable bonds is 8. The van der Waals surface area contributed by atoms with Gasteiger partial charge in [-0.2, -0.15) is 10.4 Å². The third-order valence-corrected chi connectivity index (χ3v) is 4.40. The first kappa shape index (κ1) is 21.4. The number of carbonyl (C=O) groups excluding carboxylic acids is 1. The molecule has 1 aromatic heterocycles. The van der Waals surface area contributed by atoms with Crippen molar-refractivity contribution in [1.29, 1.82) is 5.26 Å². The molecule has 156 valence electrons. The van der Waals surface area contributed by atoms with Gasteiger partial charge in [-0.15, -0.1) is 0 Å². The highest BCUT2D eigenvalue weighted by atomic mass is 16.5. The van der Waals surface area contributed by atoms with E-state index >= 15 is 0 Å². The van der Waals surface area contributed by atoms with Crippen LogP contribution in [0.2, 0.25) is 0 Å². The largest absolute Gasteiger partial charge is 0.497 e. The maximum atomic E-state index is 12.3. The summed E-state index contributed by atoms with van der Waals surface area (Å²) in [6.07, 6.45) is 4.63. The summed E-state index contributed by atoms with van der Waals surface area (Å²) in [5.74, 6) is 0.450. The summed E-state index contributed by atoms with van der Waals surface area (Å²) < 4.78 is 17.5. The van der Waals surface area contributed by atoms with Gasteiger partial charge in [-0.1, -0.05) is 30.9 Å². The zero-order valence-corrected chi connectivity index (χ0v) is 17.2. The Kier molecular flexibility index (Phi) is 6.86. The molecule has 0 aliphatic rings. The molecule has 0 fully saturated rings. The van der Waals surface area contributed by atoms with Crippen molar-refractivity contribution in [3.8, 4) is 34.5 Å². The van der Waals surface area contributed by atoms with Crippen LogP contribution < -0.4 is 9.47 Å². The summed E-state index contributed by atoms with van der Waals surface area (Å²) in [5, 5.41) is 14.2. The second kappa shape index (κ2) is 9.94. The van der Waals surface area contributed by atoms with E-state index in [9.17, 15) is 10.1 Å². The number of ether oxygens (including phenoxy) is 3. The molecule has 0 amide bonds. The minimum absolute atomic E-state index is 0.0116. The molecule has 0 spiro atoms. The van der Waals surface area contributed by atoms with Crippen molar-refractivity contribution < 1.29 is 19.0 Å². The van der Waals surface area contributed by atoms with Crippen LogP contribution in [-0.4, -0.2) is 36.6 Å². The first-order valence-electron chi connectivity index (χ1n) is 9.38. The minimum Gasteiger partial charge on any atom is -0.497 e. The van der Waals surface area contributed by atoms with Gasteiger partial charge in [0.05, 0.1) is 19.9 Å². The van der Waals surface area contributed by atoms with Crippen LogP contribution in [0.3, 0.4) is 0 Å². The number of nitriles is 1. The second-order valence-electron chi connectivity index (χ2n) is 6.34. The Morgan fingerprint density at radius 3 is 2.61 bits per heavy atom. The lowest BCUT2D eigenvalue weighted by Crippen LogP contribution is -2.06. The number of para-hydroxylation sites is 1. The Balaban J connectivity index is 2.20. The van der Waals surface area contributed by atoms with Crippen molar-refractivity contribution in [3.63, 3.8) is 0 Å². The predicted molar refractivity (Wildman–Crippen MR) is 117 cm³/mol. The Bertz CT molecular complexity index is 1160. The zero-order valence-electron chi connectivity index (χ0n) is 17.2. The molecule has 0 N–H and O–H groups in total. The first-order valence-corrected chi connectivity index (χ1v) is 9.38. The Hall–Kier alpha value is -4.31. The minimum atomic E-state index is -0.738. The molecule has 0 radical (unpaired) electrons. The molecule has 0 aliphatic carbocycles. The number of nitrogens with zero attached hydrogens (tertiary/aromatic N) is 3. The van der Waals surface area contributed by atoms with Gasteiger partial charge >= 0.3 is 5.97 Å². The van der Waals surface area contributed by atoms with E-state index in [2.05, 4.69) is 6.58 Å². The fraction of sp³-hybridized carbons (Fsp3) is 0.125. The lowest BCUT2D eigenvalue weighted by Gasteiger charge is -2.09. The van der Waals surface area contributed by atoms with E-state index in [1.807, 2.05) is 36.4 Å². The normalized spacial score (nSPS) is 10.8. The average Bonchev–Trinajstić information content (AvgIpc) is 3.24. The summed E-state index contributed by atoms with van der Waals surface area (Å²) in [6, 6.07) is 16.7. The van der Waals surface area contributed by atoms with Gasteiger partial charge in [-0.05, 0) is 36.4 Å². The predicted octanol–water partition coefficient (Wildman–Crippen LogP) is 4.19. The van der Waals surface area contributed by atoms with Gasteiger partial charge in [0.2, 0.25) is 0 Å². The molecule has 0 saturated heterocycles. The van der Waals surface area contributed by atoms with Crippen molar-refractivity contribution in [2.45, 2.75) is 0 Å². The number of methoxy groups -OCH3 is 2. The summed E-state index contributed by atoms with van der Waals surface area (Å²) in [6.45, 7) is 3.52. The van der Waals surface area contributed by atoms with Crippen molar-refractivity contribution in [2.75, 3.05) is 20.8 Å². The van der Waals surface area contributed by atoms with Gasteiger partial charge in [0.1, 0.15) is 35.4 Å². The number of hydrogen-bond donors (Lipinski definition) is 0. The third kappa shape index (κ3) is 4.82. The number of hydrogen-bond acceptors (Lipinski definition) is 6. The lowest BCUT2D eigenvalue weighted by atomic mass is 10.0. The highest BCUT2D eigenvalue weighted by molar-refractivity contribution is 5.99. The van der Waals surface area contributed by atoms with E-state index in [0.29, 0.717) is 28.3 Å². The molecule has 3 aromatic rings. The SMILES string of the molecule is C=CCOC(=O)/C(C#N)=C/c1cn(-c2ccccc2)nc1-c1cc(OC)ccc1OC. The number of esters is 1. The van der Waals surface area contributed by atoms with Crippen molar-refractivity contribution >= 4 is 12.0 Å². The van der Waals surface area contributed by atoms with Gasteiger partial charge < -0.3 is 14.2 Å². The fourth-order valence-corrected chi connectivity index (χ4v) is 2.92. The highest BCUT2D eigenvalue weighted by Crippen LogP contribution is 2.35. The molecule has 0 saturated carbocycles. The van der Waals surface area contributed by atoms with E-state index in [0.717, 1.165) is 5.69 Å². The molecule has 0 bridgehead atoms. The molecular formula is C24H21N3O4. The topological polar surface area (TPSA) is 86.4 Å². The Morgan fingerprint density at radius 2 is 1.97 bits per heavy atom. The Labute approximate surface area is 180 Å². The van der Waals surface area contributed by atoms with E-state index in [-0.39, 0.29) is 12.2 Å². The molecule has 31 heavy (non-hydrogen) atoms. The fourth-order valence-electron chi connectivity index (χ4n) is 2.92. The van der Waals surface area contributed by atoms with Gasteiger partial charge in [0, 0.05) is 17.3 Å². The summed E-state index contributed by atoms with van der Waals surface area (Å²) in [7, 11) is 3.13. The third-order valence-electron chi connectivity index (χ3n) is 4.40. The zero-order chi connectivity index (χ0) is 22.2. The van der Waals surface area contributed by atoms with Gasteiger partial charge in [-0.3, -0.25) is 0 Å². The molecule has 0 unspecified atom stereocenters. The van der Waals surface area contributed by atoms with Gasteiger partial charge in [0.25, 0.3) is 0 Å². The van der Waals surface area contributed by atoms with Gasteiger partial charge in [0.15, 0.2) is 0 Å². The van der Waals surface area contributed by atoms with E-state index in [1.54, 1.807) is 43.3 Å². The maximum Gasteiger partial charge on any atom is 0.349 e. The van der Waals surface area contributed by atoms with Crippen LogP contribution in [0.5, 0.6) is 11.5 Å². The number of benzene rings is 2. The summed E-state index contributed by atoms with van der Waals surface area (Å²) in [5.41, 5.74) is 2.38. The standard InChI is InChI=1S/C24H21N3O4/c1-4-12-31-24(28)17(15-25)13-18-16-27(19-8-6-5-7-9-19)26-23(18)21-14-20(29-2)10-11-22(21)30-3/h4-11,13-14,16H,1,12H2,2-3H3/b17-13+. The second-order valence-corrected chi connectivity index (χ2v) is 6.34. The number of carbonyl (C=O) groups is 1. The summed E-state index contributed by atoms with van der Waals surface area (Å²) in [4.78, 5) is 12.3. The van der Waals surface area contributed by atoms with Crippen LogP contribution in [0.15, 0.2) is 73.0 Å². The monoisotopic (exact) mass is 415 g/mol. The van der Waals surface area contributed by atoms with Crippen molar-refractivity contribution in [1.82, 2.24) is 9.78 Å². The van der Waals surface area contributed by atoms with Crippen LogP contribution in [0.4, 0.5) is 0 Å². The molecule has 0 atom stereocenters. The molecule has 7 nitrogen and oxygen atoms in total. The quantitative estimate of drug-likeness (QED) is 0.237. The average molecular weight is 415 g/mol. The van der Waals surface area contributed by atoms with Crippen LogP contribution in [-0.2, 0) is 9.53 Å². The molecule has 1 heterocycles. The molecule has 0 aliphatic heterocycles. The lowest BCUT2D eigenvalue weighted by molar-refractivity contribution is -0.137. The smallest absolute Gasteiger partial charge is 0.349 e. The Morgan fingerprint density at radius 1 is 1.19 bits per heavy atom. The van der Waals surface area contributed by atoms with Crippen molar-refractivity contribution in [3.05, 3.63) is 78.5 Å². The molecule has 3 rings (SSSR count). The molecule has 7 heteroatoms. The van der Waals surface area contributed by atoms with Crippen LogP contribution in [0, 0.1) is 11.3 Å². The molecular weight excluding hydrogens is 394 g/mol. The highest BCUT2D eigenvalue weighted by Gasteiger charge is 2.19. The van der Waals surface area contributed by atoms with Crippen LogP contribution >= 0.6 is 0 Å². The van der Waals surface area contributed by atoms with E-state index in [1.165, 1.54) is 12.2 Å². The van der Waals surface area contributed by atoms with Crippen LogP contribution in [0.1, 0.15) is 5.56 Å². The number of aromatic nitrogens is 2. The van der Waals surface area contributed by atoms with E-state index < -0.39 is 5.97 Å². The van der Waals surface area contributed by atoms with Gasteiger partial charge in [-0.25, -0.2) is 9.48 Å². The maximum absolute atomic E-state index is 12.3.